The van der Waals surface area contributed by atoms with Crippen LogP contribution in [0.1, 0.15) is 30.9 Å². The van der Waals surface area contributed by atoms with Crippen molar-refractivity contribution in [1.82, 2.24) is 4.90 Å². The molecule has 28 heavy (non-hydrogen) atoms. The summed E-state index contributed by atoms with van der Waals surface area (Å²) >= 11 is 0. The predicted octanol–water partition coefficient (Wildman–Crippen LogP) is 3.76. The molecule has 6 heteroatoms. The van der Waals surface area contributed by atoms with Crippen molar-refractivity contribution in [2.75, 3.05) is 23.9 Å². The molecule has 0 spiro atoms. The Hall–Kier alpha value is -2.34. The minimum absolute atomic E-state index is 0.150. The van der Waals surface area contributed by atoms with E-state index in [2.05, 4.69) is 6.92 Å². The molecule has 1 saturated heterocycles. The van der Waals surface area contributed by atoms with Gasteiger partial charge in [-0.3, -0.25) is 9.10 Å². The minimum Gasteiger partial charge on any atom is -0.341 e. The number of benzene rings is 2. The molecule has 0 saturated carbocycles. The van der Waals surface area contributed by atoms with Crippen molar-refractivity contribution in [3.8, 4) is 0 Å². The number of rotatable bonds is 5. The van der Waals surface area contributed by atoms with Gasteiger partial charge in [-0.2, -0.15) is 0 Å². The maximum absolute atomic E-state index is 13.4. The molecule has 2 aromatic carbocycles. The highest BCUT2D eigenvalue weighted by atomic mass is 32.2. The van der Waals surface area contributed by atoms with Gasteiger partial charge in [0, 0.05) is 13.1 Å². The summed E-state index contributed by atoms with van der Waals surface area (Å²) in [4.78, 5) is 14.9. The first-order chi connectivity index (χ1) is 13.3. The predicted molar refractivity (Wildman–Crippen MR) is 112 cm³/mol. The monoisotopic (exact) mass is 400 g/mol. The van der Waals surface area contributed by atoms with Crippen LogP contribution in [-0.4, -0.2) is 38.9 Å². The Morgan fingerprint density at radius 1 is 0.964 bits per heavy atom. The van der Waals surface area contributed by atoms with Gasteiger partial charge in [0.1, 0.15) is 6.54 Å². The summed E-state index contributed by atoms with van der Waals surface area (Å²) in [5.41, 5.74) is 2.53. The average Bonchev–Trinajstić information content (AvgIpc) is 2.67. The highest BCUT2D eigenvalue weighted by Gasteiger charge is 2.30. The Balaban J connectivity index is 1.92. The van der Waals surface area contributed by atoms with E-state index in [4.69, 9.17) is 0 Å². The molecule has 0 aliphatic carbocycles. The van der Waals surface area contributed by atoms with Gasteiger partial charge in [-0.25, -0.2) is 8.42 Å². The molecule has 0 bridgehead atoms. The number of sulfonamides is 1. The fraction of sp³-hybridized carbons (Fsp3) is 0.409. The lowest BCUT2D eigenvalue weighted by Crippen LogP contribution is -2.45. The van der Waals surface area contributed by atoms with Gasteiger partial charge < -0.3 is 4.90 Å². The summed E-state index contributed by atoms with van der Waals surface area (Å²) in [6.07, 6.45) is 1.92. The van der Waals surface area contributed by atoms with E-state index in [1.165, 1.54) is 4.31 Å². The van der Waals surface area contributed by atoms with Crippen molar-refractivity contribution in [3.05, 3.63) is 59.7 Å². The van der Waals surface area contributed by atoms with Crippen LogP contribution in [-0.2, 0) is 14.8 Å². The van der Waals surface area contributed by atoms with Crippen molar-refractivity contribution in [2.24, 2.45) is 5.92 Å². The van der Waals surface area contributed by atoms with E-state index in [-0.39, 0.29) is 17.3 Å². The van der Waals surface area contributed by atoms with Crippen LogP contribution in [0.3, 0.4) is 0 Å². The van der Waals surface area contributed by atoms with Gasteiger partial charge >= 0.3 is 0 Å². The van der Waals surface area contributed by atoms with E-state index in [0.29, 0.717) is 24.7 Å². The Morgan fingerprint density at radius 3 is 2.00 bits per heavy atom. The van der Waals surface area contributed by atoms with Crippen molar-refractivity contribution < 1.29 is 13.2 Å². The average molecular weight is 401 g/mol. The van der Waals surface area contributed by atoms with Gasteiger partial charge in [-0.05, 0) is 56.9 Å². The number of nitrogens with zero attached hydrogens (tertiary/aromatic N) is 2. The molecule has 0 radical (unpaired) electrons. The topological polar surface area (TPSA) is 57.7 Å². The van der Waals surface area contributed by atoms with Crippen LogP contribution >= 0.6 is 0 Å². The highest BCUT2D eigenvalue weighted by molar-refractivity contribution is 7.92. The number of anilines is 1. The molecule has 150 valence electrons. The molecule has 3 rings (SSSR count). The standard InChI is InChI=1S/C22H28N2O3S/c1-17-4-8-20(9-5-17)24(16-22(25)23-14-12-19(3)13-15-23)28(26,27)21-10-6-18(2)7-11-21/h4-11,19H,12-16H2,1-3H3. The van der Waals surface area contributed by atoms with Crippen LogP contribution in [0.15, 0.2) is 53.4 Å². The zero-order chi connectivity index (χ0) is 20.3. The minimum atomic E-state index is -3.84. The lowest BCUT2D eigenvalue weighted by molar-refractivity contribution is -0.130. The van der Waals surface area contributed by atoms with Crippen molar-refractivity contribution in [3.63, 3.8) is 0 Å². The first-order valence-corrected chi connectivity index (χ1v) is 11.2. The zero-order valence-corrected chi connectivity index (χ0v) is 17.6. The molecule has 1 fully saturated rings. The number of hydrogen-bond acceptors (Lipinski definition) is 3. The van der Waals surface area contributed by atoms with Crippen molar-refractivity contribution in [2.45, 2.75) is 38.5 Å². The summed E-state index contributed by atoms with van der Waals surface area (Å²) in [6.45, 7) is 7.23. The van der Waals surface area contributed by atoms with E-state index in [1.54, 1.807) is 41.3 Å². The number of likely N-dealkylation sites (tertiary alicyclic amines) is 1. The highest BCUT2D eigenvalue weighted by Crippen LogP contribution is 2.25. The molecule has 1 aliphatic heterocycles. The molecule has 2 aromatic rings. The van der Waals surface area contributed by atoms with Crippen LogP contribution in [0, 0.1) is 19.8 Å². The maximum atomic E-state index is 13.4. The molecule has 0 atom stereocenters. The van der Waals surface area contributed by atoms with Gasteiger partial charge in [0.15, 0.2) is 0 Å². The third-order valence-corrected chi connectivity index (χ3v) is 7.13. The Labute approximate surface area is 168 Å². The van der Waals surface area contributed by atoms with Gasteiger partial charge in [-0.15, -0.1) is 0 Å². The van der Waals surface area contributed by atoms with E-state index >= 15 is 0 Å². The molecular weight excluding hydrogens is 372 g/mol. The fourth-order valence-corrected chi connectivity index (χ4v) is 4.76. The van der Waals surface area contributed by atoms with Crippen LogP contribution in [0.5, 0.6) is 0 Å². The first-order valence-electron chi connectivity index (χ1n) is 9.71. The van der Waals surface area contributed by atoms with Crippen LogP contribution < -0.4 is 4.31 Å². The second-order valence-corrected chi connectivity index (χ2v) is 9.59. The third kappa shape index (κ3) is 4.55. The van der Waals surface area contributed by atoms with E-state index < -0.39 is 10.0 Å². The second kappa shape index (κ2) is 8.35. The van der Waals surface area contributed by atoms with Crippen molar-refractivity contribution >= 4 is 21.6 Å². The summed E-state index contributed by atoms with van der Waals surface area (Å²) in [7, 11) is -3.84. The number of carbonyl (C=O) groups is 1. The lowest BCUT2D eigenvalue weighted by atomic mass is 9.99. The van der Waals surface area contributed by atoms with E-state index in [1.807, 2.05) is 26.0 Å². The summed E-state index contributed by atoms with van der Waals surface area (Å²) < 4.78 is 27.9. The molecule has 0 aromatic heterocycles. The van der Waals surface area contributed by atoms with Gasteiger partial charge in [0.25, 0.3) is 10.0 Å². The Morgan fingerprint density at radius 2 is 1.46 bits per heavy atom. The maximum Gasteiger partial charge on any atom is 0.264 e. The fourth-order valence-electron chi connectivity index (χ4n) is 3.34. The quantitative estimate of drug-likeness (QED) is 0.768. The molecule has 0 N–H and O–H groups in total. The van der Waals surface area contributed by atoms with E-state index in [0.717, 1.165) is 24.0 Å². The molecular formula is C22H28N2O3S. The number of carbonyl (C=O) groups excluding carboxylic acids is 1. The number of amides is 1. The normalized spacial score (nSPS) is 15.5. The first kappa shape index (κ1) is 20.4. The zero-order valence-electron chi connectivity index (χ0n) is 16.8. The number of hydrogen-bond donors (Lipinski definition) is 0. The summed E-state index contributed by atoms with van der Waals surface area (Å²) in [6, 6.07) is 14.0. The lowest BCUT2D eigenvalue weighted by Gasteiger charge is -2.32. The summed E-state index contributed by atoms with van der Waals surface area (Å²) in [5, 5.41) is 0. The molecule has 1 heterocycles. The molecule has 1 aliphatic rings. The second-order valence-electron chi connectivity index (χ2n) is 7.72. The largest absolute Gasteiger partial charge is 0.341 e. The Kier molecular flexibility index (Phi) is 6.08. The third-order valence-electron chi connectivity index (χ3n) is 5.35. The Bertz CT molecular complexity index is 913. The van der Waals surface area contributed by atoms with Crippen LogP contribution in [0.4, 0.5) is 5.69 Å². The number of piperidine rings is 1. The molecule has 5 nitrogen and oxygen atoms in total. The number of aryl methyl sites for hydroxylation is 2. The molecule has 1 amide bonds. The SMILES string of the molecule is Cc1ccc(N(CC(=O)N2CCC(C)CC2)S(=O)(=O)c2ccc(C)cc2)cc1. The smallest absolute Gasteiger partial charge is 0.264 e. The van der Waals surface area contributed by atoms with Gasteiger partial charge in [0.2, 0.25) is 5.91 Å². The van der Waals surface area contributed by atoms with Crippen molar-refractivity contribution in [1.29, 1.82) is 0 Å². The summed E-state index contributed by atoms with van der Waals surface area (Å²) in [5.74, 6) is 0.455. The van der Waals surface area contributed by atoms with Gasteiger partial charge in [-0.1, -0.05) is 42.3 Å². The van der Waals surface area contributed by atoms with E-state index in [9.17, 15) is 13.2 Å². The van der Waals surface area contributed by atoms with Crippen LogP contribution in [0.25, 0.3) is 0 Å². The van der Waals surface area contributed by atoms with Gasteiger partial charge in [0.05, 0.1) is 10.6 Å². The molecule has 0 unspecified atom stereocenters. The van der Waals surface area contributed by atoms with Crippen LogP contribution in [0.2, 0.25) is 0 Å².